The van der Waals surface area contributed by atoms with Crippen LogP contribution in [-0.4, -0.2) is 104 Å². The highest BCUT2D eigenvalue weighted by Crippen LogP contribution is 2.21. The molecule has 0 unspecified atom stereocenters. The van der Waals surface area contributed by atoms with Crippen LogP contribution in [0, 0.1) is 0 Å². The number of aliphatic hydroxyl groups is 1. The zero-order chi connectivity index (χ0) is 29.8. The maximum Gasteiger partial charge on any atom is 0.263 e. The van der Waals surface area contributed by atoms with Crippen molar-refractivity contribution in [3.8, 4) is 5.75 Å². The lowest BCUT2D eigenvalue weighted by Crippen LogP contribution is -2.55. The largest absolute Gasteiger partial charge is 0.478 e. The predicted molar refractivity (Wildman–Crippen MR) is 154 cm³/mol. The number of carbonyl (C=O) groups is 1. The average Bonchev–Trinajstić information content (AvgIpc) is 2.94. The van der Waals surface area contributed by atoms with Gasteiger partial charge >= 0.3 is 0 Å². The van der Waals surface area contributed by atoms with Crippen molar-refractivity contribution in [2.45, 2.75) is 38.0 Å². The lowest BCUT2D eigenvalue weighted by atomic mass is 9.99. The van der Waals surface area contributed by atoms with Gasteiger partial charge in [0.25, 0.3) is 5.91 Å². The fourth-order valence-corrected chi connectivity index (χ4v) is 3.92. The van der Waals surface area contributed by atoms with Crippen LogP contribution in [0.1, 0.15) is 19.4 Å². The van der Waals surface area contributed by atoms with Gasteiger partial charge in [-0.1, -0.05) is 41.9 Å². The molecule has 3 rings (SSSR count). The summed E-state index contributed by atoms with van der Waals surface area (Å²) in [6.45, 7) is 8.85. The van der Waals surface area contributed by atoms with Gasteiger partial charge in [-0.25, -0.2) is 9.78 Å². The lowest BCUT2D eigenvalue weighted by Gasteiger charge is -2.31. The maximum atomic E-state index is 13.2. The minimum Gasteiger partial charge on any atom is -0.478 e. The monoisotopic (exact) mass is 585 g/mol. The number of hydrogen-bond acceptors (Lipinski definition) is 10. The molecule has 1 saturated heterocycles. The fourth-order valence-electron chi connectivity index (χ4n) is 3.79. The van der Waals surface area contributed by atoms with E-state index in [0.717, 1.165) is 45.0 Å². The van der Waals surface area contributed by atoms with Gasteiger partial charge in [-0.05, 0) is 50.1 Å². The number of benzene rings is 2. The first-order valence-electron chi connectivity index (χ1n) is 13.0. The molecular weight excluding hydrogens is 542 g/mol. The number of hydrogen-bond donors (Lipinski definition) is 5. The molecule has 1 heterocycles. The van der Waals surface area contributed by atoms with E-state index in [4.69, 9.17) is 31.6 Å². The fraction of sp³-hybridized carbons (Fsp3) is 0.536. The second-order valence-corrected chi connectivity index (χ2v) is 9.86. The molecule has 5 N–H and O–H groups in total. The molecule has 1 amide bonds. The van der Waals surface area contributed by atoms with E-state index >= 15 is 0 Å². The summed E-state index contributed by atoms with van der Waals surface area (Å²) in [6.07, 6.45) is -0.254. The summed E-state index contributed by atoms with van der Waals surface area (Å²) in [7, 11) is 2.36. The van der Waals surface area contributed by atoms with Crippen molar-refractivity contribution in [3.05, 3.63) is 65.2 Å². The van der Waals surface area contributed by atoms with Gasteiger partial charge in [0.2, 0.25) is 0 Å². The Kier molecular flexibility index (Phi) is 18.3. The van der Waals surface area contributed by atoms with Crippen molar-refractivity contribution in [1.29, 1.82) is 0 Å². The number of ether oxygens (including phenoxy) is 2. The average molecular weight is 586 g/mol. The van der Waals surface area contributed by atoms with Gasteiger partial charge in [-0.2, -0.15) is 0 Å². The highest BCUT2D eigenvalue weighted by molar-refractivity contribution is 6.30. The number of halogens is 1. The van der Waals surface area contributed by atoms with E-state index < -0.39 is 17.7 Å². The van der Waals surface area contributed by atoms with Crippen LogP contribution in [0.25, 0.3) is 0 Å². The van der Waals surface area contributed by atoms with Gasteiger partial charge in [-0.3, -0.25) is 20.2 Å². The van der Waals surface area contributed by atoms with Crippen LogP contribution < -0.4 is 15.4 Å². The summed E-state index contributed by atoms with van der Waals surface area (Å²) in [6, 6.07) is 16.3. The summed E-state index contributed by atoms with van der Waals surface area (Å²) in [5.74, 6) is 0.255. The number of aliphatic hydroxyl groups excluding tert-OH is 1. The van der Waals surface area contributed by atoms with Crippen molar-refractivity contribution >= 4 is 17.5 Å². The molecule has 0 aliphatic carbocycles. The van der Waals surface area contributed by atoms with E-state index in [1.807, 2.05) is 30.3 Å². The molecule has 1 aliphatic heterocycles. The molecule has 0 bridgehead atoms. The summed E-state index contributed by atoms with van der Waals surface area (Å²) in [5, 5.41) is 32.1. The summed E-state index contributed by atoms with van der Waals surface area (Å²) in [4.78, 5) is 22.0. The topological polar surface area (TPSA) is 142 Å². The van der Waals surface area contributed by atoms with Crippen LogP contribution in [0.4, 0.5) is 0 Å². The quantitative estimate of drug-likeness (QED) is 0.143. The number of morpholine rings is 1. The molecule has 0 aromatic heterocycles. The van der Waals surface area contributed by atoms with Gasteiger partial charge in [0, 0.05) is 37.7 Å². The molecule has 2 aromatic rings. The number of rotatable bonds is 12. The number of carbonyl (C=O) groups excluding carboxylic acids is 1. The Hall–Kier alpha value is -2.32. The number of nitrogens with one attached hydrogen (secondary N) is 2. The lowest BCUT2D eigenvalue weighted by molar-refractivity contribution is -0.215. The normalized spacial score (nSPS) is 15.0. The van der Waals surface area contributed by atoms with E-state index in [9.17, 15) is 9.90 Å². The van der Waals surface area contributed by atoms with Gasteiger partial charge in [-0.15, -0.1) is 0 Å². The van der Waals surface area contributed by atoms with Crippen LogP contribution in [0.3, 0.4) is 0 Å². The van der Waals surface area contributed by atoms with Crippen LogP contribution >= 0.6 is 11.6 Å². The zero-order valence-electron chi connectivity index (χ0n) is 23.7. The SMILES string of the molecule is CC(C)(Oc1ccc(Cl)cc1)C(=O)N[C@@H](Cc1ccccc1)[C@H](O)CNCCN1CCOCC1.COO.COO. The molecule has 226 valence electrons. The van der Waals surface area contributed by atoms with Crippen molar-refractivity contribution in [1.82, 2.24) is 15.5 Å². The predicted octanol–water partition coefficient (Wildman–Crippen LogP) is 2.72. The Morgan fingerprint density at radius 3 is 2.20 bits per heavy atom. The Bertz CT molecular complexity index is 914. The van der Waals surface area contributed by atoms with Crippen molar-refractivity contribution in [2.75, 3.05) is 60.2 Å². The molecule has 2 atom stereocenters. The Morgan fingerprint density at radius 2 is 1.62 bits per heavy atom. The minimum absolute atomic E-state index is 0.296. The Morgan fingerprint density at radius 1 is 1.05 bits per heavy atom. The van der Waals surface area contributed by atoms with E-state index in [-0.39, 0.29) is 5.91 Å². The standard InChI is InChI=1S/C26H36ClN3O4.2CH4O2/c1-26(2,34-22-10-8-21(27)9-11-22)25(32)29-23(18-20-6-4-3-5-7-20)24(31)19-28-12-13-30-14-16-33-17-15-30;2*1-3-2/h3-11,23-24,28,31H,12-19H2,1-2H3,(H,29,32);2*2H,1H3/t23-,24+;;/m0../s1. The third-order valence-corrected chi connectivity index (χ3v) is 6.13. The van der Waals surface area contributed by atoms with Crippen LogP contribution in [-0.2, 0) is 25.7 Å². The van der Waals surface area contributed by atoms with Crippen molar-refractivity contribution in [3.63, 3.8) is 0 Å². The zero-order valence-corrected chi connectivity index (χ0v) is 24.5. The molecule has 1 aliphatic rings. The Balaban J connectivity index is 0.00000122. The van der Waals surface area contributed by atoms with E-state index in [0.29, 0.717) is 23.7 Å². The smallest absolute Gasteiger partial charge is 0.263 e. The second-order valence-electron chi connectivity index (χ2n) is 9.43. The van der Waals surface area contributed by atoms with E-state index in [1.54, 1.807) is 38.1 Å². The first-order valence-corrected chi connectivity index (χ1v) is 13.4. The first kappa shape index (κ1) is 35.7. The maximum absolute atomic E-state index is 13.2. The number of nitrogens with zero attached hydrogens (tertiary/aromatic N) is 1. The molecule has 40 heavy (non-hydrogen) atoms. The van der Waals surface area contributed by atoms with Crippen molar-refractivity contribution < 1.29 is 39.7 Å². The molecular formula is C28H44ClN3O8. The Labute approximate surface area is 241 Å². The van der Waals surface area contributed by atoms with Gasteiger partial charge < -0.3 is 25.2 Å². The summed E-state index contributed by atoms with van der Waals surface area (Å²) in [5.41, 5.74) is -0.0942. The molecule has 0 radical (unpaired) electrons. The summed E-state index contributed by atoms with van der Waals surface area (Å²) >= 11 is 5.95. The van der Waals surface area contributed by atoms with Gasteiger partial charge in [0.1, 0.15) is 5.75 Å². The highest BCUT2D eigenvalue weighted by atomic mass is 35.5. The number of amides is 1. The second kappa shape index (κ2) is 20.5. The van der Waals surface area contributed by atoms with Crippen molar-refractivity contribution in [2.24, 2.45) is 0 Å². The molecule has 11 nitrogen and oxygen atoms in total. The van der Waals surface area contributed by atoms with Crippen LogP contribution in [0.5, 0.6) is 5.75 Å². The van der Waals surface area contributed by atoms with Gasteiger partial charge in [0.05, 0.1) is 39.6 Å². The van der Waals surface area contributed by atoms with Gasteiger partial charge in [0.15, 0.2) is 5.60 Å². The van der Waals surface area contributed by atoms with E-state index in [2.05, 4.69) is 25.3 Å². The van der Waals surface area contributed by atoms with Crippen LogP contribution in [0.2, 0.25) is 5.02 Å². The highest BCUT2D eigenvalue weighted by Gasteiger charge is 2.33. The third-order valence-electron chi connectivity index (χ3n) is 5.87. The molecule has 1 fully saturated rings. The molecule has 12 heteroatoms. The molecule has 2 aromatic carbocycles. The molecule has 0 saturated carbocycles. The first-order chi connectivity index (χ1) is 19.2. The third kappa shape index (κ3) is 14.9. The summed E-state index contributed by atoms with van der Waals surface area (Å²) < 4.78 is 11.3. The minimum atomic E-state index is -1.13. The van der Waals surface area contributed by atoms with Crippen LogP contribution in [0.15, 0.2) is 54.6 Å². The van der Waals surface area contributed by atoms with E-state index in [1.165, 1.54) is 14.2 Å². The molecule has 0 spiro atoms.